The molecule has 0 aliphatic heterocycles. The van der Waals surface area contributed by atoms with Crippen molar-refractivity contribution in [1.29, 1.82) is 0 Å². The molecule has 4 heteroatoms. The van der Waals surface area contributed by atoms with E-state index in [1.54, 1.807) is 0 Å². The van der Waals surface area contributed by atoms with Gasteiger partial charge in [0.25, 0.3) is 0 Å². The van der Waals surface area contributed by atoms with Crippen molar-refractivity contribution in [2.24, 2.45) is 0 Å². The number of aliphatic carboxylic acids is 1. The number of rotatable bonds is 3. The highest BCUT2D eigenvalue weighted by molar-refractivity contribution is 5.85. The fraction of sp³-hybridized carbons (Fsp3) is 0.118. The van der Waals surface area contributed by atoms with Crippen molar-refractivity contribution < 1.29 is 20.1 Å². The molecule has 21 heavy (non-hydrogen) atoms. The zero-order valence-corrected chi connectivity index (χ0v) is 11.7. The van der Waals surface area contributed by atoms with Gasteiger partial charge in [-0.3, -0.25) is 0 Å². The quantitative estimate of drug-likeness (QED) is 0.596. The minimum absolute atomic E-state index is 0.229. The molecule has 2 rings (SSSR count). The van der Waals surface area contributed by atoms with E-state index >= 15 is 0 Å². The van der Waals surface area contributed by atoms with Crippen LogP contribution < -0.4 is 0 Å². The number of phenols is 2. The Kier molecular flexibility index (Phi) is 6.54. The summed E-state index contributed by atoms with van der Waals surface area (Å²) in [6.07, 6.45) is 3.41. The Bertz CT molecular complexity index is 603. The molecule has 0 atom stereocenters. The summed E-state index contributed by atoms with van der Waals surface area (Å²) in [4.78, 5) is 10.1. The van der Waals surface area contributed by atoms with Gasteiger partial charge in [0.05, 0.1) is 0 Å². The monoisotopic (exact) mass is 286 g/mol. The molecule has 0 amide bonds. The van der Waals surface area contributed by atoms with Crippen LogP contribution >= 0.6 is 0 Å². The summed E-state index contributed by atoms with van der Waals surface area (Å²) in [6.45, 7) is 2.16. The van der Waals surface area contributed by atoms with Crippen LogP contribution in [0.4, 0.5) is 0 Å². The van der Waals surface area contributed by atoms with Crippen LogP contribution in [-0.4, -0.2) is 21.3 Å². The Morgan fingerprint density at radius 2 is 1.71 bits per heavy atom. The first-order valence-electron chi connectivity index (χ1n) is 6.50. The third-order valence-electron chi connectivity index (χ3n) is 2.67. The first-order valence-corrected chi connectivity index (χ1v) is 6.50. The van der Waals surface area contributed by atoms with E-state index in [1.807, 2.05) is 6.07 Å². The Morgan fingerprint density at radius 1 is 1.05 bits per heavy atom. The number of aryl methyl sites for hydroxylation is 1. The average molecular weight is 286 g/mol. The molecule has 0 heterocycles. The maximum absolute atomic E-state index is 10.1. The van der Waals surface area contributed by atoms with Crippen molar-refractivity contribution in [2.75, 3.05) is 0 Å². The largest absolute Gasteiger partial charge is 0.504 e. The lowest BCUT2D eigenvalue weighted by Gasteiger charge is -1.97. The minimum Gasteiger partial charge on any atom is -0.504 e. The summed E-state index contributed by atoms with van der Waals surface area (Å²) in [5.41, 5.74) is 1.92. The van der Waals surface area contributed by atoms with Crippen molar-refractivity contribution in [3.63, 3.8) is 0 Å². The number of phenolic OH excluding ortho intramolecular Hbond substituents is 2. The average Bonchev–Trinajstić information content (AvgIpc) is 2.50. The second-order valence-corrected chi connectivity index (χ2v) is 4.26. The van der Waals surface area contributed by atoms with Crippen LogP contribution in [0, 0.1) is 0 Å². The van der Waals surface area contributed by atoms with Gasteiger partial charge in [-0.05, 0) is 35.8 Å². The van der Waals surface area contributed by atoms with Gasteiger partial charge < -0.3 is 15.3 Å². The van der Waals surface area contributed by atoms with Crippen molar-refractivity contribution in [3.8, 4) is 11.5 Å². The third kappa shape index (κ3) is 6.29. The normalized spacial score (nSPS) is 9.95. The van der Waals surface area contributed by atoms with Gasteiger partial charge in [-0.15, -0.1) is 0 Å². The minimum atomic E-state index is -1.06. The third-order valence-corrected chi connectivity index (χ3v) is 2.67. The van der Waals surface area contributed by atoms with Crippen LogP contribution in [0.25, 0.3) is 6.08 Å². The molecule has 0 fully saturated rings. The lowest BCUT2D eigenvalue weighted by atomic mass is 10.2. The maximum atomic E-state index is 10.1. The van der Waals surface area contributed by atoms with Gasteiger partial charge in [0.2, 0.25) is 0 Å². The molecule has 0 aliphatic carbocycles. The van der Waals surface area contributed by atoms with Gasteiger partial charge in [0.1, 0.15) is 0 Å². The van der Waals surface area contributed by atoms with Gasteiger partial charge in [-0.2, -0.15) is 0 Å². The summed E-state index contributed by atoms with van der Waals surface area (Å²) in [6, 6.07) is 14.5. The van der Waals surface area contributed by atoms with E-state index in [0.29, 0.717) is 5.56 Å². The number of carboxylic acids is 1. The highest BCUT2D eigenvalue weighted by Gasteiger charge is 1.97. The summed E-state index contributed by atoms with van der Waals surface area (Å²) < 4.78 is 0. The maximum Gasteiger partial charge on any atom is 0.328 e. The number of hydrogen-bond donors (Lipinski definition) is 3. The van der Waals surface area contributed by atoms with Crippen LogP contribution in [0.15, 0.2) is 54.6 Å². The molecule has 110 valence electrons. The van der Waals surface area contributed by atoms with E-state index in [2.05, 4.69) is 31.2 Å². The van der Waals surface area contributed by atoms with Crippen molar-refractivity contribution in [2.45, 2.75) is 13.3 Å². The highest BCUT2D eigenvalue weighted by Crippen LogP contribution is 2.25. The van der Waals surface area contributed by atoms with E-state index in [0.717, 1.165) is 12.5 Å². The zero-order valence-electron chi connectivity index (χ0n) is 11.7. The number of carbonyl (C=O) groups is 1. The Labute approximate surface area is 123 Å². The van der Waals surface area contributed by atoms with Crippen LogP contribution in [0.5, 0.6) is 11.5 Å². The molecule has 2 aromatic rings. The SMILES string of the molecule is CCc1ccccc1.O=C(O)/C=C/c1ccc(O)c(O)c1. The van der Waals surface area contributed by atoms with Gasteiger partial charge in [0.15, 0.2) is 11.5 Å². The Balaban J connectivity index is 0.000000235. The van der Waals surface area contributed by atoms with Crippen molar-refractivity contribution in [1.82, 2.24) is 0 Å². The van der Waals surface area contributed by atoms with Crippen molar-refractivity contribution in [3.05, 3.63) is 65.7 Å². The molecule has 2 aromatic carbocycles. The predicted octanol–water partition coefficient (Wildman–Crippen LogP) is 3.44. The van der Waals surface area contributed by atoms with E-state index < -0.39 is 5.97 Å². The summed E-state index contributed by atoms with van der Waals surface area (Å²) in [5, 5.41) is 26.3. The van der Waals surface area contributed by atoms with Crippen LogP contribution in [0.1, 0.15) is 18.1 Å². The molecule has 3 N–H and O–H groups in total. The van der Waals surface area contributed by atoms with E-state index in [4.69, 9.17) is 15.3 Å². The number of benzene rings is 2. The number of hydrogen-bond acceptors (Lipinski definition) is 3. The molecule has 0 saturated heterocycles. The fourth-order valence-electron chi connectivity index (χ4n) is 1.53. The highest BCUT2D eigenvalue weighted by atomic mass is 16.4. The van der Waals surface area contributed by atoms with Gasteiger partial charge in [-0.25, -0.2) is 4.79 Å². The molecule has 0 aromatic heterocycles. The second kappa shape index (κ2) is 8.43. The standard InChI is InChI=1S/C9H8O4.C8H10/c10-7-3-1-6(5-8(7)11)2-4-9(12)13;1-2-8-6-4-3-5-7-8/h1-5,10-11H,(H,12,13);3-7H,2H2,1H3/b4-2+;. The molecular weight excluding hydrogens is 268 g/mol. The van der Waals surface area contributed by atoms with Gasteiger partial charge in [-0.1, -0.05) is 43.3 Å². The smallest absolute Gasteiger partial charge is 0.328 e. The lowest BCUT2D eigenvalue weighted by Crippen LogP contribution is -1.85. The van der Waals surface area contributed by atoms with Crippen molar-refractivity contribution >= 4 is 12.0 Å². The summed E-state index contributed by atoms with van der Waals surface area (Å²) in [7, 11) is 0. The predicted molar refractivity (Wildman–Crippen MR) is 82.3 cm³/mol. The lowest BCUT2D eigenvalue weighted by molar-refractivity contribution is -0.131. The first kappa shape index (κ1) is 16.3. The van der Waals surface area contributed by atoms with E-state index in [-0.39, 0.29) is 11.5 Å². The zero-order chi connectivity index (χ0) is 15.7. The summed E-state index contributed by atoms with van der Waals surface area (Å²) in [5.74, 6) is -1.56. The Morgan fingerprint density at radius 3 is 2.19 bits per heavy atom. The molecule has 0 radical (unpaired) electrons. The van der Waals surface area contributed by atoms with Crippen LogP contribution in [-0.2, 0) is 11.2 Å². The van der Waals surface area contributed by atoms with E-state index in [1.165, 1.54) is 29.8 Å². The Hall–Kier alpha value is -2.75. The molecule has 0 aliphatic rings. The van der Waals surface area contributed by atoms with Gasteiger partial charge >= 0.3 is 5.97 Å². The number of aromatic hydroxyl groups is 2. The molecule has 0 saturated carbocycles. The van der Waals surface area contributed by atoms with Gasteiger partial charge in [0, 0.05) is 6.08 Å². The van der Waals surface area contributed by atoms with Crippen LogP contribution in [0.2, 0.25) is 0 Å². The molecule has 0 unspecified atom stereocenters. The number of carboxylic acid groups (broad SMARTS) is 1. The first-order chi connectivity index (χ1) is 10.0. The molecular formula is C17H18O4. The topological polar surface area (TPSA) is 77.8 Å². The van der Waals surface area contributed by atoms with E-state index in [9.17, 15) is 4.79 Å². The second-order valence-electron chi connectivity index (χ2n) is 4.26. The molecule has 0 spiro atoms. The molecule has 4 nitrogen and oxygen atoms in total. The van der Waals surface area contributed by atoms with Crippen LogP contribution in [0.3, 0.4) is 0 Å². The fourth-order valence-corrected chi connectivity index (χ4v) is 1.53. The molecule has 0 bridgehead atoms. The summed E-state index contributed by atoms with van der Waals surface area (Å²) >= 11 is 0.